The van der Waals surface area contributed by atoms with Crippen molar-refractivity contribution in [1.29, 1.82) is 0 Å². The van der Waals surface area contributed by atoms with Gasteiger partial charge in [0, 0.05) is 11.4 Å². The molecule has 0 radical (unpaired) electrons. The molecule has 0 atom stereocenters. The Labute approximate surface area is 72.2 Å². The van der Waals surface area contributed by atoms with Crippen LogP contribution in [0, 0.1) is 0 Å². The van der Waals surface area contributed by atoms with Crippen molar-refractivity contribution in [2.75, 3.05) is 0 Å². The highest BCUT2D eigenvalue weighted by Crippen LogP contribution is 2.35. The van der Waals surface area contributed by atoms with Gasteiger partial charge in [0.1, 0.15) is 5.54 Å². The normalized spacial score (nSPS) is 26.3. The molecular weight excluding hydrogens is 152 g/mol. The molecule has 1 aliphatic heterocycles. The molecule has 2 aliphatic rings. The van der Waals surface area contributed by atoms with Crippen LogP contribution in [0.4, 0.5) is 0 Å². The Morgan fingerprint density at radius 3 is 2.42 bits per heavy atom. The Balaban J connectivity index is 2.26. The highest BCUT2D eigenvalue weighted by molar-refractivity contribution is 5.90. The molecule has 0 bridgehead atoms. The van der Waals surface area contributed by atoms with E-state index in [0.29, 0.717) is 0 Å². The minimum absolute atomic E-state index is 0.150. The lowest BCUT2D eigenvalue weighted by molar-refractivity contribution is -0.130. The maximum Gasteiger partial charge on any atom is 0.249 e. The van der Waals surface area contributed by atoms with Gasteiger partial charge in [-0.3, -0.25) is 4.79 Å². The Morgan fingerprint density at radius 2 is 1.92 bits per heavy atom. The summed E-state index contributed by atoms with van der Waals surface area (Å²) >= 11 is 0. The summed E-state index contributed by atoms with van der Waals surface area (Å²) in [4.78, 5) is 11.5. The van der Waals surface area contributed by atoms with Gasteiger partial charge in [-0.25, -0.2) is 0 Å². The standard InChI is InChI=1S/C9H14N2O/c1-6-7(2)11-9(4-3-5-9)8(12)10-6/h11H,3-5H2,1-2H3,(H,10,12). The quantitative estimate of drug-likeness (QED) is 0.561. The van der Waals surface area contributed by atoms with E-state index < -0.39 is 0 Å². The third kappa shape index (κ3) is 0.854. The highest BCUT2D eigenvalue weighted by atomic mass is 16.2. The minimum Gasteiger partial charge on any atom is -0.373 e. The number of allylic oxidation sites excluding steroid dienone is 2. The van der Waals surface area contributed by atoms with Crippen molar-refractivity contribution in [3.05, 3.63) is 11.4 Å². The maximum absolute atomic E-state index is 11.5. The number of amides is 1. The molecule has 12 heavy (non-hydrogen) atoms. The largest absolute Gasteiger partial charge is 0.373 e. The van der Waals surface area contributed by atoms with Crippen molar-refractivity contribution in [2.45, 2.75) is 38.6 Å². The molecule has 0 aromatic rings. The Kier molecular flexibility index (Phi) is 1.43. The van der Waals surface area contributed by atoms with Gasteiger partial charge < -0.3 is 10.6 Å². The highest BCUT2D eigenvalue weighted by Gasteiger charge is 2.46. The van der Waals surface area contributed by atoms with Gasteiger partial charge >= 0.3 is 0 Å². The molecule has 1 amide bonds. The van der Waals surface area contributed by atoms with Crippen LogP contribution >= 0.6 is 0 Å². The van der Waals surface area contributed by atoms with E-state index in [9.17, 15) is 4.79 Å². The van der Waals surface area contributed by atoms with Gasteiger partial charge in [-0.1, -0.05) is 0 Å². The number of rotatable bonds is 0. The fourth-order valence-corrected chi connectivity index (χ4v) is 1.78. The number of nitrogens with one attached hydrogen (secondary N) is 2. The van der Waals surface area contributed by atoms with Gasteiger partial charge in [-0.2, -0.15) is 0 Å². The number of carbonyl (C=O) groups is 1. The van der Waals surface area contributed by atoms with Crippen molar-refractivity contribution < 1.29 is 4.79 Å². The molecule has 3 heteroatoms. The maximum atomic E-state index is 11.5. The molecule has 1 aliphatic carbocycles. The molecular formula is C9H14N2O. The molecule has 3 nitrogen and oxygen atoms in total. The van der Waals surface area contributed by atoms with Crippen molar-refractivity contribution >= 4 is 5.91 Å². The lowest BCUT2D eigenvalue weighted by atomic mass is 9.75. The second-order valence-electron chi connectivity index (χ2n) is 3.76. The third-order valence-electron chi connectivity index (χ3n) is 2.93. The molecule has 66 valence electrons. The zero-order valence-electron chi connectivity index (χ0n) is 7.53. The number of carbonyl (C=O) groups excluding carboxylic acids is 1. The number of hydrogen-bond acceptors (Lipinski definition) is 2. The van der Waals surface area contributed by atoms with E-state index in [4.69, 9.17) is 0 Å². The fraction of sp³-hybridized carbons (Fsp3) is 0.667. The average Bonchev–Trinajstić information content (AvgIpc) is 1.93. The predicted octanol–water partition coefficient (Wildman–Crippen LogP) is 0.880. The molecule has 1 heterocycles. The molecule has 2 rings (SSSR count). The average molecular weight is 166 g/mol. The van der Waals surface area contributed by atoms with Crippen LogP contribution in [-0.4, -0.2) is 11.4 Å². The molecule has 0 unspecified atom stereocenters. The molecule has 2 N–H and O–H groups in total. The SMILES string of the molecule is CC1=C(C)NC2(CCC2)C(=O)N1. The number of hydrogen-bond donors (Lipinski definition) is 2. The first kappa shape index (κ1) is 7.65. The van der Waals surface area contributed by atoms with Crippen LogP contribution < -0.4 is 10.6 Å². The van der Waals surface area contributed by atoms with Gasteiger partial charge in [-0.05, 0) is 33.1 Å². The summed E-state index contributed by atoms with van der Waals surface area (Å²) in [6.45, 7) is 3.93. The first-order chi connectivity index (χ1) is 5.64. The summed E-state index contributed by atoms with van der Waals surface area (Å²) in [6, 6.07) is 0. The second kappa shape index (κ2) is 2.25. The Bertz CT molecular complexity index is 264. The van der Waals surface area contributed by atoms with E-state index in [-0.39, 0.29) is 11.4 Å². The van der Waals surface area contributed by atoms with E-state index in [0.717, 1.165) is 30.7 Å². The van der Waals surface area contributed by atoms with Crippen LogP contribution in [0.2, 0.25) is 0 Å². The van der Waals surface area contributed by atoms with Gasteiger partial charge in [0.2, 0.25) is 5.91 Å². The zero-order chi connectivity index (χ0) is 8.77. The Hall–Kier alpha value is -0.990. The summed E-state index contributed by atoms with van der Waals surface area (Å²) in [5.41, 5.74) is 1.82. The van der Waals surface area contributed by atoms with Crippen LogP contribution in [-0.2, 0) is 4.79 Å². The van der Waals surface area contributed by atoms with Crippen molar-refractivity contribution in [1.82, 2.24) is 10.6 Å². The van der Waals surface area contributed by atoms with Gasteiger partial charge in [-0.15, -0.1) is 0 Å². The predicted molar refractivity (Wildman–Crippen MR) is 46.2 cm³/mol. The zero-order valence-corrected chi connectivity index (χ0v) is 7.53. The van der Waals surface area contributed by atoms with Gasteiger partial charge in [0.15, 0.2) is 0 Å². The van der Waals surface area contributed by atoms with Gasteiger partial charge in [0.05, 0.1) is 0 Å². The molecule has 1 spiro atoms. The monoisotopic (exact) mass is 166 g/mol. The molecule has 0 saturated heterocycles. The van der Waals surface area contributed by atoms with Crippen molar-refractivity contribution in [2.24, 2.45) is 0 Å². The van der Waals surface area contributed by atoms with E-state index in [2.05, 4.69) is 10.6 Å². The summed E-state index contributed by atoms with van der Waals surface area (Å²) in [5, 5.41) is 6.20. The molecule has 0 aromatic heterocycles. The molecule has 1 fully saturated rings. The van der Waals surface area contributed by atoms with Crippen molar-refractivity contribution in [3.8, 4) is 0 Å². The second-order valence-corrected chi connectivity index (χ2v) is 3.76. The molecule has 1 saturated carbocycles. The van der Waals surface area contributed by atoms with E-state index in [1.807, 2.05) is 13.8 Å². The van der Waals surface area contributed by atoms with E-state index >= 15 is 0 Å². The topological polar surface area (TPSA) is 41.1 Å². The smallest absolute Gasteiger partial charge is 0.249 e. The minimum atomic E-state index is -0.246. The lowest BCUT2D eigenvalue weighted by Gasteiger charge is -2.44. The van der Waals surface area contributed by atoms with E-state index in [1.54, 1.807) is 0 Å². The summed E-state index contributed by atoms with van der Waals surface area (Å²) in [5.74, 6) is 0.150. The summed E-state index contributed by atoms with van der Waals surface area (Å²) in [7, 11) is 0. The molecule has 0 aromatic carbocycles. The fourth-order valence-electron chi connectivity index (χ4n) is 1.78. The van der Waals surface area contributed by atoms with Crippen LogP contribution in [0.1, 0.15) is 33.1 Å². The van der Waals surface area contributed by atoms with Crippen LogP contribution in [0.5, 0.6) is 0 Å². The first-order valence-corrected chi connectivity index (χ1v) is 4.41. The van der Waals surface area contributed by atoms with Crippen LogP contribution in [0.25, 0.3) is 0 Å². The summed E-state index contributed by atoms with van der Waals surface area (Å²) in [6.07, 6.45) is 3.11. The third-order valence-corrected chi connectivity index (χ3v) is 2.93. The first-order valence-electron chi connectivity index (χ1n) is 4.41. The Morgan fingerprint density at radius 1 is 1.25 bits per heavy atom. The van der Waals surface area contributed by atoms with Crippen LogP contribution in [0.3, 0.4) is 0 Å². The van der Waals surface area contributed by atoms with Gasteiger partial charge in [0.25, 0.3) is 0 Å². The van der Waals surface area contributed by atoms with E-state index in [1.165, 1.54) is 0 Å². The van der Waals surface area contributed by atoms with Crippen molar-refractivity contribution in [3.63, 3.8) is 0 Å². The summed E-state index contributed by atoms with van der Waals surface area (Å²) < 4.78 is 0. The van der Waals surface area contributed by atoms with Crippen LogP contribution in [0.15, 0.2) is 11.4 Å². The lowest BCUT2D eigenvalue weighted by Crippen LogP contribution is -2.63.